The fourth-order valence-corrected chi connectivity index (χ4v) is 3.06. The summed E-state index contributed by atoms with van der Waals surface area (Å²) < 4.78 is 11.2. The summed E-state index contributed by atoms with van der Waals surface area (Å²) in [7, 11) is 0. The van der Waals surface area contributed by atoms with E-state index in [1.54, 1.807) is 49.4 Å². The first-order valence-corrected chi connectivity index (χ1v) is 9.03. The summed E-state index contributed by atoms with van der Waals surface area (Å²) in [5, 5.41) is 10.8. The smallest absolute Gasteiger partial charge is 0.343 e. The molecule has 7 nitrogen and oxygen atoms in total. The van der Waals surface area contributed by atoms with Crippen LogP contribution in [0.3, 0.4) is 0 Å². The lowest BCUT2D eigenvalue weighted by Crippen LogP contribution is -2.09. The van der Waals surface area contributed by atoms with Gasteiger partial charge in [0.15, 0.2) is 5.76 Å². The highest BCUT2D eigenvalue weighted by Crippen LogP contribution is 2.39. The number of carbonyl (C=O) groups is 2. The van der Waals surface area contributed by atoms with Gasteiger partial charge in [-0.2, -0.15) is 0 Å². The highest BCUT2D eigenvalue weighted by Gasteiger charge is 2.30. The number of hydrogen-bond acceptors (Lipinski definition) is 6. The Kier molecular flexibility index (Phi) is 4.85. The van der Waals surface area contributed by atoms with Gasteiger partial charge in [0.05, 0.1) is 16.1 Å². The van der Waals surface area contributed by atoms with Crippen LogP contribution in [0, 0.1) is 17.0 Å². The number of esters is 1. The van der Waals surface area contributed by atoms with Crippen LogP contribution in [0.2, 0.25) is 0 Å². The van der Waals surface area contributed by atoms with Gasteiger partial charge >= 0.3 is 5.97 Å². The van der Waals surface area contributed by atoms with Crippen molar-refractivity contribution in [2.75, 3.05) is 0 Å². The van der Waals surface area contributed by atoms with E-state index in [1.165, 1.54) is 30.3 Å². The quantitative estimate of drug-likeness (QED) is 0.206. The van der Waals surface area contributed by atoms with Gasteiger partial charge in [-0.3, -0.25) is 14.9 Å². The van der Waals surface area contributed by atoms with Gasteiger partial charge in [-0.15, -0.1) is 0 Å². The summed E-state index contributed by atoms with van der Waals surface area (Å²) in [4.78, 5) is 35.3. The number of allylic oxidation sites excluding steroid dienone is 1. The zero-order chi connectivity index (χ0) is 21.3. The second-order valence-electron chi connectivity index (χ2n) is 6.61. The maximum Gasteiger partial charge on any atom is 0.343 e. The van der Waals surface area contributed by atoms with Crippen molar-refractivity contribution in [2.24, 2.45) is 0 Å². The number of benzene rings is 3. The van der Waals surface area contributed by atoms with E-state index in [0.29, 0.717) is 33.8 Å². The molecule has 0 atom stereocenters. The van der Waals surface area contributed by atoms with E-state index in [0.717, 1.165) is 0 Å². The molecule has 3 aromatic carbocycles. The van der Waals surface area contributed by atoms with Crippen molar-refractivity contribution < 1.29 is 24.0 Å². The maximum atomic E-state index is 12.7. The third kappa shape index (κ3) is 3.56. The predicted octanol–water partition coefficient (Wildman–Crippen LogP) is 4.74. The number of nitro benzene ring substituents is 1. The maximum absolute atomic E-state index is 12.7. The average molecular weight is 401 g/mol. The fraction of sp³-hybridized carbons (Fsp3) is 0.0435. The van der Waals surface area contributed by atoms with Gasteiger partial charge in [0.25, 0.3) is 5.69 Å². The van der Waals surface area contributed by atoms with Gasteiger partial charge in [-0.25, -0.2) is 4.79 Å². The Morgan fingerprint density at radius 3 is 2.40 bits per heavy atom. The molecule has 30 heavy (non-hydrogen) atoms. The van der Waals surface area contributed by atoms with E-state index in [9.17, 15) is 19.7 Å². The Bertz CT molecular complexity index is 1200. The molecular formula is C23H15NO6. The van der Waals surface area contributed by atoms with Crippen LogP contribution in [0.1, 0.15) is 31.8 Å². The van der Waals surface area contributed by atoms with Gasteiger partial charge in [-0.05, 0) is 55.0 Å². The van der Waals surface area contributed by atoms with Gasteiger partial charge in [0, 0.05) is 17.7 Å². The van der Waals surface area contributed by atoms with Crippen molar-refractivity contribution in [1.29, 1.82) is 0 Å². The molecule has 0 aliphatic carbocycles. The van der Waals surface area contributed by atoms with E-state index < -0.39 is 10.9 Å². The minimum Gasteiger partial charge on any atom is -0.452 e. The van der Waals surface area contributed by atoms with Gasteiger partial charge < -0.3 is 9.47 Å². The van der Waals surface area contributed by atoms with Gasteiger partial charge in [0.1, 0.15) is 11.5 Å². The number of hydrogen-bond donors (Lipinski definition) is 0. The van der Waals surface area contributed by atoms with Gasteiger partial charge in [0.2, 0.25) is 5.78 Å². The summed E-state index contributed by atoms with van der Waals surface area (Å²) >= 11 is 0. The Balaban J connectivity index is 1.59. The molecule has 7 heteroatoms. The van der Waals surface area contributed by atoms with E-state index in [-0.39, 0.29) is 17.2 Å². The van der Waals surface area contributed by atoms with Crippen molar-refractivity contribution in [1.82, 2.24) is 0 Å². The molecule has 0 bridgehead atoms. The van der Waals surface area contributed by atoms with Crippen LogP contribution in [-0.4, -0.2) is 16.7 Å². The van der Waals surface area contributed by atoms with Crippen molar-refractivity contribution in [2.45, 2.75) is 6.92 Å². The number of ether oxygens (including phenoxy) is 2. The van der Waals surface area contributed by atoms with E-state index in [2.05, 4.69) is 0 Å². The normalized spacial score (nSPS) is 13.6. The SMILES string of the molecule is Cc1c(OC(=O)c2ccccc2)ccc2c1O/C(=C\c1ccc([N+](=O)[O-])cc1)C2=O. The zero-order valence-corrected chi connectivity index (χ0v) is 15.8. The van der Waals surface area contributed by atoms with Crippen LogP contribution >= 0.6 is 0 Å². The molecular weight excluding hydrogens is 386 g/mol. The largest absolute Gasteiger partial charge is 0.452 e. The third-order valence-corrected chi connectivity index (χ3v) is 4.65. The molecule has 1 heterocycles. The molecule has 0 unspecified atom stereocenters. The topological polar surface area (TPSA) is 95.7 Å². The van der Waals surface area contributed by atoms with E-state index >= 15 is 0 Å². The molecule has 0 saturated carbocycles. The molecule has 4 rings (SSSR count). The van der Waals surface area contributed by atoms with Crippen LogP contribution in [0.4, 0.5) is 5.69 Å². The van der Waals surface area contributed by atoms with Crippen molar-refractivity contribution in [3.63, 3.8) is 0 Å². The Morgan fingerprint density at radius 2 is 1.73 bits per heavy atom. The van der Waals surface area contributed by atoms with Gasteiger partial charge in [-0.1, -0.05) is 18.2 Å². The highest BCUT2D eigenvalue weighted by atomic mass is 16.6. The molecule has 1 aliphatic rings. The fourth-order valence-electron chi connectivity index (χ4n) is 3.06. The van der Waals surface area contributed by atoms with Crippen LogP contribution in [0.25, 0.3) is 6.08 Å². The molecule has 0 fully saturated rings. The molecule has 0 spiro atoms. The number of carbonyl (C=O) groups excluding carboxylic acids is 2. The Morgan fingerprint density at radius 1 is 1.03 bits per heavy atom. The van der Waals surface area contributed by atoms with Crippen LogP contribution in [0.15, 0.2) is 72.5 Å². The third-order valence-electron chi connectivity index (χ3n) is 4.65. The van der Waals surface area contributed by atoms with E-state index in [1.807, 2.05) is 0 Å². The van der Waals surface area contributed by atoms with Crippen molar-refractivity contribution >= 4 is 23.5 Å². The standard InChI is InChI=1S/C23H15NO6/c1-14-19(30-23(26)16-5-3-2-4-6-16)12-11-18-21(25)20(29-22(14)18)13-15-7-9-17(10-8-15)24(27)28/h2-13H,1H3/b20-13-. The second kappa shape index (κ2) is 7.63. The Labute approximate surface area is 171 Å². The molecule has 0 aromatic heterocycles. The summed E-state index contributed by atoms with van der Waals surface area (Å²) in [5.74, 6) is -0.107. The number of fused-ring (bicyclic) bond motifs is 1. The molecule has 0 radical (unpaired) electrons. The first kappa shape index (κ1) is 19.1. The van der Waals surface area contributed by atoms with Crippen molar-refractivity contribution in [3.8, 4) is 11.5 Å². The summed E-state index contributed by atoms with van der Waals surface area (Å²) in [5.41, 5.74) is 1.84. The molecule has 148 valence electrons. The summed E-state index contributed by atoms with van der Waals surface area (Å²) in [6, 6.07) is 17.5. The minimum absolute atomic E-state index is 0.0418. The number of non-ortho nitro benzene ring substituents is 1. The number of nitro groups is 1. The van der Waals surface area contributed by atoms with Crippen LogP contribution in [0.5, 0.6) is 11.5 Å². The lowest BCUT2D eigenvalue weighted by Gasteiger charge is -2.10. The summed E-state index contributed by atoms with van der Waals surface area (Å²) in [6.07, 6.45) is 1.52. The Hall–Kier alpha value is -4.26. The van der Waals surface area contributed by atoms with Crippen LogP contribution < -0.4 is 9.47 Å². The number of nitrogens with zero attached hydrogens (tertiary/aromatic N) is 1. The number of rotatable bonds is 4. The number of ketones is 1. The molecule has 1 aliphatic heterocycles. The van der Waals surface area contributed by atoms with Crippen LogP contribution in [-0.2, 0) is 0 Å². The number of Topliss-reactive ketones (excluding diaryl/α,β-unsaturated/α-hetero) is 1. The molecule has 3 aromatic rings. The molecule has 0 N–H and O–H groups in total. The second-order valence-corrected chi connectivity index (χ2v) is 6.61. The molecule has 0 amide bonds. The predicted molar refractivity (Wildman–Crippen MR) is 109 cm³/mol. The lowest BCUT2D eigenvalue weighted by molar-refractivity contribution is -0.384. The first-order chi connectivity index (χ1) is 14.4. The summed E-state index contributed by atoms with van der Waals surface area (Å²) in [6.45, 7) is 1.70. The highest BCUT2D eigenvalue weighted by molar-refractivity contribution is 6.15. The monoisotopic (exact) mass is 401 g/mol. The first-order valence-electron chi connectivity index (χ1n) is 9.03. The lowest BCUT2D eigenvalue weighted by atomic mass is 10.1. The zero-order valence-electron chi connectivity index (χ0n) is 15.8. The minimum atomic E-state index is -0.510. The van der Waals surface area contributed by atoms with Crippen molar-refractivity contribution in [3.05, 3.63) is 105 Å². The van der Waals surface area contributed by atoms with E-state index in [4.69, 9.17) is 9.47 Å². The average Bonchev–Trinajstić information content (AvgIpc) is 3.07. The molecule has 0 saturated heterocycles.